The smallest absolute Gasteiger partial charge is 0.353 e. The molecule has 0 aromatic carbocycles. The number of fused-ring (bicyclic) bond motifs is 1. The zero-order valence-electron chi connectivity index (χ0n) is 18.9. The van der Waals surface area contributed by atoms with E-state index in [-0.39, 0.29) is 26.4 Å². The molecule has 0 bridgehead atoms. The summed E-state index contributed by atoms with van der Waals surface area (Å²) in [6, 6.07) is 0. The molecule has 0 radical (unpaired) electrons. The Balaban J connectivity index is 1.44. The first kappa shape index (κ1) is 27.6. The quantitative estimate of drug-likeness (QED) is 0.167. The van der Waals surface area contributed by atoms with Crippen LogP contribution in [0, 0.1) is 0 Å². The maximum atomic E-state index is 12.0. The van der Waals surface area contributed by atoms with Crippen LogP contribution in [0.5, 0.6) is 0 Å². The number of hydrogen-bond donors (Lipinski definition) is 4. The number of anilines is 1. The summed E-state index contributed by atoms with van der Waals surface area (Å²) in [6.45, 7) is 1.24. The predicted octanol–water partition coefficient (Wildman–Crippen LogP) is 1.69. The summed E-state index contributed by atoms with van der Waals surface area (Å²) in [5.74, 6) is 0.293. The average molecular weight is 490 g/mol. The molecule has 0 saturated carbocycles. The monoisotopic (exact) mass is 489 g/mol. The fraction of sp³-hybridized carbons (Fsp3) is 0.750. The Kier molecular flexibility index (Phi) is 12.8. The van der Waals surface area contributed by atoms with Gasteiger partial charge < -0.3 is 39.4 Å². The van der Waals surface area contributed by atoms with Crippen LogP contribution in [0.2, 0.25) is 0 Å². The molecule has 33 heavy (non-hydrogen) atoms. The van der Waals surface area contributed by atoms with Crippen molar-refractivity contribution < 1.29 is 33.7 Å². The van der Waals surface area contributed by atoms with Crippen molar-refractivity contribution in [3.05, 3.63) is 12.7 Å². The summed E-state index contributed by atoms with van der Waals surface area (Å²) in [5.41, 5.74) is 6.82. The van der Waals surface area contributed by atoms with E-state index >= 15 is 0 Å². The van der Waals surface area contributed by atoms with Crippen molar-refractivity contribution in [2.24, 2.45) is 0 Å². The van der Waals surface area contributed by atoms with Crippen molar-refractivity contribution in [1.29, 1.82) is 0 Å². The van der Waals surface area contributed by atoms with Gasteiger partial charge in [-0.2, -0.15) is 0 Å². The molecule has 5 N–H and O–H groups in total. The Hall–Kier alpha value is -1.66. The molecule has 2 heterocycles. The highest BCUT2D eigenvalue weighted by Crippen LogP contribution is 2.41. The van der Waals surface area contributed by atoms with Crippen LogP contribution in [0.25, 0.3) is 11.2 Å². The number of aliphatic hydroxyl groups is 2. The van der Waals surface area contributed by atoms with Crippen LogP contribution in [0.3, 0.4) is 0 Å². The number of nitrogens with two attached hydrogens (primary N) is 1. The number of ether oxygens (including phenoxy) is 2. The van der Waals surface area contributed by atoms with Crippen LogP contribution >= 0.6 is 7.60 Å². The van der Waals surface area contributed by atoms with Crippen molar-refractivity contribution in [2.75, 3.05) is 45.1 Å². The Labute approximate surface area is 193 Å². The van der Waals surface area contributed by atoms with E-state index in [9.17, 15) is 14.6 Å². The number of rotatable bonds is 19. The minimum atomic E-state index is -3.85. The second kappa shape index (κ2) is 15.3. The number of nitrogen functional groups attached to an aromatic ring is 1. The average Bonchev–Trinajstić information content (AvgIpc) is 3.21. The predicted molar refractivity (Wildman–Crippen MR) is 123 cm³/mol. The molecule has 2 rings (SSSR count). The molecule has 0 spiro atoms. The van der Waals surface area contributed by atoms with Crippen molar-refractivity contribution in [3.8, 4) is 0 Å². The van der Waals surface area contributed by atoms with Crippen LogP contribution in [-0.4, -0.2) is 80.1 Å². The number of aliphatic hydroxyl groups excluding tert-OH is 2. The molecule has 0 fully saturated rings. The third kappa shape index (κ3) is 10.9. The van der Waals surface area contributed by atoms with Gasteiger partial charge in [-0.1, -0.05) is 32.1 Å². The molecule has 0 aliphatic heterocycles. The van der Waals surface area contributed by atoms with Gasteiger partial charge in [0.05, 0.1) is 38.9 Å². The first-order chi connectivity index (χ1) is 15.9. The molecule has 13 heteroatoms. The molecular formula is C20H36N5O7P. The lowest BCUT2D eigenvalue weighted by atomic mass is 10.1. The van der Waals surface area contributed by atoms with Crippen LogP contribution in [0.15, 0.2) is 12.7 Å². The molecular weight excluding hydrogens is 453 g/mol. The van der Waals surface area contributed by atoms with Crippen LogP contribution in [-0.2, 0) is 25.1 Å². The summed E-state index contributed by atoms with van der Waals surface area (Å²) in [4.78, 5) is 22.0. The number of unbranched alkanes of at least 4 members (excludes halogenated alkanes) is 5. The number of imidazole rings is 1. The standard InChI is InChI=1S/C20H36N5O7P/c21-19-18-20(23-14-22-19)25(15-24-18)8-10-31-16-33(28,29)32-12-11-30-9-6-4-2-1-3-5-7-17(27)13-26/h14-15,17,26-27H,1-13,16H2,(H,28,29)(H2,21,22,23). The first-order valence-electron chi connectivity index (χ1n) is 11.2. The van der Waals surface area contributed by atoms with Gasteiger partial charge in [0.1, 0.15) is 18.2 Å². The van der Waals surface area contributed by atoms with E-state index in [2.05, 4.69) is 15.0 Å². The zero-order chi connectivity index (χ0) is 23.9. The molecule has 2 unspecified atom stereocenters. The fourth-order valence-electron chi connectivity index (χ4n) is 3.17. The lowest BCUT2D eigenvalue weighted by Gasteiger charge is -2.13. The topological polar surface area (TPSA) is 175 Å². The summed E-state index contributed by atoms with van der Waals surface area (Å²) < 4.78 is 29.5. The highest BCUT2D eigenvalue weighted by Gasteiger charge is 2.19. The van der Waals surface area contributed by atoms with Gasteiger partial charge >= 0.3 is 7.60 Å². The molecule has 0 aliphatic rings. The molecule has 12 nitrogen and oxygen atoms in total. The van der Waals surface area contributed by atoms with Gasteiger partial charge in [0.2, 0.25) is 0 Å². The Morgan fingerprint density at radius 1 is 1.00 bits per heavy atom. The number of hydrogen-bond acceptors (Lipinski definition) is 10. The van der Waals surface area contributed by atoms with Crippen molar-refractivity contribution >= 4 is 24.6 Å². The van der Waals surface area contributed by atoms with Crippen LogP contribution in [0.4, 0.5) is 5.82 Å². The molecule has 0 aliphatic carbocycles. The SMILES string of the molecule is Nc1ncnc2c1ncn2CCOCP(=O)(O)OCCOCCCCCCCCC(O)CO. The van der Waals surface area contributed by atoms with E-state index in [0.29, 0.717) is 36.6 Å². The third-order valence-corrected chi connectivity index (χ3v) is 6.06. The lowest BCUT2D eigenvalue weighted by molar-refractivity contribution is 0.0836. The highest BCUT2D eigenvalue weighted by molar-refractivity contribution is 7.52. The first-order valence-corrected chi connectivity index (χ1v) is 13.0. The van der Waals surface area contributed by atoms with Gasteiger partial charge in [0, 0.05) is 13.2 Å². The molecule has 188 valence electrons. The Bertz CT molecular complexity index is 853. The van der Waals surface area contributed by atoms with Gasteiger partial charge in [-0.3, -0.25) is 4.57 Å². The third-order valence-electron chi connectivity index (χ3n) is 4.97. The normalized spacial score (nSPS) is 14.5. The zero-order valence-corrected chi connectivity index (χ0v) is 19.8. The van der Waals surface area contributed by atoms with Gasteiger partial charge in [0.25, 0.3) is 0 Å². The number of aromatic nitrogens is 4. The Morgan fingerprint density at radius 2 is 1.76 bits per heavy atom. The summed E-state index contributed by atoms with van der Waals surface area (Å²) in [7, 11) is -3.85. The largest absolute Gasteiger partial charge is 0.394 e. The van der Waals surface area contributed by atoms with E-state index < -0.39 is 20.0 Å². The maximum absolute atomic E-state index is 12.0. The summed E-state index contributed by atoms with van der Waals surface area (Å²) in [6.07, 6.45) is 8.66. The molecule has 0 amide bonds. The summed E-state index contributed by atoms with van der Waals surface area (Å²) in [5, 5.41) is 18.0. The van der Waals surface area contributed by atoms with E-state index in [1.165, 1.54) is 6.33 Å². The van der Waals surface area contributed by atoms with Gasteiger partial charge in [-0.05, 0) is 12.8 Å². The van der Waals surface area contributed by atoms with Gasteiger partial charge in [-0.25, -0.2) is 15.0 Å². The van der Waals surface area contributed by atoms with E-state index in [0.717, 1.165) is 38.5 Å². The van der Waals surface area contributed by atoms with E-state index in [1.807, 2.05) is 0 Å². The second-order valence-electron chi connectivity index (χ2n) is 7.74. The molecule has 2 atom stereocenters. The highest BCUT2D eigenvalue weighted by atomic mass is 31.2. The molecule has 2 aromatic heterocycles. The van der Waals surface area contributed by atoms with Gasteiger partial charge in [-0.15, -0.1) is 0 Å². The summed E-state index contributed by atoms with van der Waals surface area (Å²) >= 11 is 0. The fourth-order valence-corrected chi connectivity index (χ4v) is 3.96. The van der Waals surface area contributed by atoms with Crippen LogP contribution < -0.4 is 5.73 Å². The van der Waals surface area contributed by atoms with E-state index in [1.54, 1.807) is 10.9 Å². The lowest BCUT2D eigenvalue weighted by Crippen LogP contribution is -2.11. The van der Waals surface area contributed by atoms with Crippen molar-refractivity contribution in [2.45, 2.75) is 57.6 Å². The Morgan fingerprint density at radius 3 is 2.55 bits per heavy atom. The number of nitrogens with zero attached hydrogens (tertiary/aromatic N) is 4. The minimum Gasteiger partial charge on any atom is -0.394 e. The van der Waals surface area contributed by atoms with Crippen molar-refractivity contribution in [1.82, 2.24) is 19.5 Å². The van der Waals surface area contributed by atoms with Crippen LogP contribution in [0.1, 0.15) is 44.9 Å². The van der Waals surface area contributed by atoms with Crippen molar-refractivity contribution in [3.63, 3.8) is 0 Å². The maximum Gasteiger partial charge on any atom is 0.353 e. The van der Waals surface area contributed by atoms with Gasteiger partial charge in [0.15, 0.2) is 11.5 Å². The molecule has 0 saturated heterocycles. The minimum absolute atomic E-state index is 0.0205. The molecule has 2 aromatic rings. The van der Waals surface area contributed by atoms with E-state index in [4.69, 9.17) is 24.8 Å². The second-order valence-corrected chi connectivity index (χ2v) is 9.53.